The molecular formula is C14H19N3S. The largest absolute Gasteiger partial charge is 0.326 e. The van der Waals surface area contributed by atoms with Crippen LogP contribution < -0.4 is 5.73 Å². The van der Waals surface area contributed by atoms with Crippen LogP contribution in [-0.2, 0) is 6.54 Å². The van der Waals surface area contributed by atoms with Gasteiger partial charge >= 0.3 is 0 Å². The predicted molar refractivity (Wildman–Crippen MR) is 76.4 cm³/mol. The first kappa shape index (κ1) is 13.2. The smallest absolute Gasteiger partial charge is 0.0671 e. The first-order valence-corrected chi connectivity index (χ1v) is 6.95. The Morgan fingerprint density at radius 2 is 2.17 bits per heavy atom. The van der Waals surface area contributed by atoms with Gasteiger partial charge in [0.1, 0.15) is 0 Å². The van der Waals surface area contributed by atoms with Gasteiger partial charge in [-0.05, 0) is 37.6 Å². The molecule has 2 unspecified atom stereocenters. The molecule has 0 amide bonds. The average molecular weight is 261 g/mol. The van der Waals surface area contributed by atoms with Crippen molar-refractivity contribution in [3.05, 3.63) is 52.5 Å². The zero-order chi connectivity index (χ0) is 13.0. The zero-order valence-electron chi connectivity index (χ0n) is 10.8. The van der Waals surface area contributed by atoms with E-state index in [1.165, 1.54) is 4.88 Å². The summed E-state index contributed by atoms with van der Waals surface area (Å²) >= 11 is 1.77. The lowest BCUT2D eigenvalue weighted by atomic mass is 10.0. The van der Waals surface area contributed by atoms with Crippen LogP contribution in [0.2, 0.25) is 0 Å². The lowest BCUT2D eigenvalue weighted by Gasteiger charge is -2.30. The Balaban J connectivity index is 2.15. The summed E-state index contributed by atoms with van der Waals surface area (Å²) < 4.78 is 0. The van der Waals surface area contributed by atoms with Crippen molar-refractivity contribution in [2.24, 2.45) is 5.73 Å². The fraction of sp³-hybridized carbons (Fsp3) is 0.357. The van der Waals surface area contributed by atoms with Gasteiger partial charge in [-0.25, -0.2) is 0 Å². The SMILES string of the molecule is CC(N)C(c1ccccn1)N(C)Cc1cccs1. The fourth-order valence-corrected chi connectivity index (χ4v) is 2.96. The minimum atomic E-state index is 0.0462. The van der Waals surface area contributed by atoms with E-state index >= 15 is 0 Å². The first-order chi connectivity index (χ1) is 8.68. The monoisotopic (exact) mass is 261 g/mol. The summed E-state index contributed by atoms with van der Waals surface area (Å²) in [7, 11) is 2.10. The standard InChI is InChI=1S/C14H19N3S/c1-11(15)14(13-7-3-4-8-16-13)17(2)10-12-6-5-9-18-12/h3-9,11,14H,10,15H2,1-2H3. The van der Waals surface area contributed by atoms with Gasteiger partial charge in [-0.15, -0.1) is 11.3 Å². The Bertz CT molecular complexity index is 453. The molecule has 2 aromatic rings. The zero-order valence-corrected chi connectivity index (χ0v) is 11.6. The van der Waals surface area contributed by atoms with Gasteiger partial charge in [-0.3, -0.25) is 9.88 Å². The Morgan fingerprint density at radius 3 is 2.72 bits per heavy atom. The van der Waals surface area contributed by atoms with E-state index in [-0.39, 0.29) is 12.1 Å². The molecule has 2 N–H and O–H groups in total. The van der Waals surface area contributed by atoms with E-state index in [4.69, 9.17) is 5.73 Å². The van der Waals surface area contributed by atoms with Crippen molar-refractivity contribution >= 4 is 11.3 Å². The number of nitrogens with two attached hydrogens (primary N) is 1. The Labute approximate surface area is 112 Å². The van der Waals surface area contributed by atoms with Crippen LogP contribution in [0.4, 0.5) is 0 Å². The van der Waals surface area contributed by atoms with Crippen molar-refractivity contribution < 1.29 is 0 Å². The summed E-state index contributed by atoms with van der Waals surface area (Å²) in [5.41, 5.74) is 7.15. The molecule has 0 bridgehead atoms. The van der Waals surface area contributed by atoms with Crippen molar-refractivity contribution in [1.29, 1.82) is 0 Å². The summed E-state index contributed by atoms with van der Waals surface area (Å²) in [6.07, 6.45) is 1.82. The third kappa shape index (κ3) is 3.16. The molecule has 0 saturated carbocycles. The molecule has 18 heavy (non-hydrogen) atoms. The summed E-state index contributed by atoms with van der Waals surface area (Å²) in [5, 5.41) is 2.10. The lowest BCUT2D eigenvalue weighted by Crippen LogP contribution is -2.37. The normalized spacial score (nSPS) is 14.7. The van der Waals surface area contributed by atoms with Gasteiger partial charge in [0.05, 0.1) is 11.7 Å². The summed E-state index contributed by atoms with van der Waals surface area (Å²) in [6, 6.07) is 10.4. The second-order valence-electron chi connectivity index (χ2n) is 4.55. The van der Waals surface area contributed by atoms with E-state index < -0.39 is 0 Å². The van der Waals surface area contributed by atoms with Gasteiger partial charge in [0.25, 0.3) is 0 Å². The molecule has 2 rings (SSSR count). The van der Waals surface area contributed by atoms with Crippen LogP contribution in [0.3, 0.4) is 0 Å². The molecule has 0 saturated heterocycles. The molecule has 0 aliphatic rings. The van der Waals surface area contributed by atoms with Crippen molar-refractivity contribution in [2.45, 2.75) is 25.6 Å². The van der Waals surface area contributed by atoms with Crippen LogP contribution in [0, 0.1) is 0 Å². The topological polar surface area (TPSA) is 42.1 Å². The Morgan fingerprint density at radius 1 is 1.33 bits per heavy atom. The summed E-state index contributed by atoms with van der Waals surface area (Å²) in [6.45, 7) is 2.94. The minimum absolute atomic E-state index is 0.0462. The first-order valence-electron chi connectivity index (χ1n) is 6.07. The van der Waals surface area contributed by atoms with Crippen molar-refractivity contribution in [3.63, 3.8) is 0 Å². The molecule has 2 atom stereocenters. The van der Waals surface area contributed by atoms with E-state index in [2.05, 4.69) is 34.4 Å². The number of likely N-dealkylation sites (N-methyl/N-ethyl adjacent to an activating group) is 1. The quantitative estimate of drug-likeness (QED) is 0.899. The van der Waals surface area contributed by atoms with Crippen LogP contribution in [0.5, 0.6) is 0 Å². The molecule has 96 valence electrons. The highest BCUT2D eigenvalue weighted by Gasteiger charge is 2.22. The van der Waals surface area contributed by atoms with Crippen molar-refractivity contribution in [3.8, 4) is 0 Å². The van der Waals surface area contributed by atoms with Crippen LogP contribution in [0.25, 0.3) is 0 Å². The molecule has 4 heteroatoms. The number of nitrogens with zero attached hydrogens (tertiary/aromatic N) is 2. The van der Waals surface area contributed by atoms with E-state index in [1.54, 1.807) is 11.3 Å². The van der Waals surface area contributed by atoms with Gasteiger partial charge in [-0.1, -0.05) is 12.1 Å². The van der Waals surface area contributed by atoms with Crippen LogP contribution in [-0.4, -0.2) is 23.0 Å². The molecule has 0 aromatic carbocycles. The van der Waals surface area contributed by atoms with Crippen LogP contribution in [0.15, 0.2) is 41.9 Å². The predicted octanol–water partition coefficient (Wildman–Crippen LogP) is 2.66. The highest BCUT2D eigenvalue weighted by Crippen LogP contribution is 2.23. The molecule has 2 aromatic heterocycles. The van der Waals surface area contributed by atoms with Gasteiger partial charge in [0, 0.05) is 23.7 Å². The molecular weight excluding hydrogens is 242 g/mol. The van der Waals surface area contributed by atoms with Crippen molar-refractivity contribution in [2.75, 3.05) is 7.05 Å². The summed E-state index contributed by atoms with van der Waals surface area (Å²) in [5.74, 6) is 0. The maximum atomic E-state index is 6.12. The maximum absolute atomic E-state index is 6.12. The third-order valence-corrected chi connectivity index (χ3v) is 3.81. The van der Waals surface area contributed by atoms with Gasteiger partial charge < -0.3 is 5.73 Å². The molecule has 2 heterocycles. The van der Waals surface area contributed by atoms with Gasteiger partial charge in [0.2, 0.25) is 0 Å². The molecule has 3 nitrogen and oxygen atoms in total. The van der Waals surface area contributed by atoms with Crippen molar-refractivity contribution in [1.82, 2.24) is 9.88 Å². The highest BCUT2D eigenvalue weighted by molar-refractivity contribution is 7.09. The lowest BCUT2D eigenvalue weighted by molar-refractivity contribution is 0.208. The van der Waals surface area contributed by atoms with Crippen LogP contribution in [0.1, 0.15) is 23.5 Å². The number of thiophene rings is 1. The van der Waals surface area contributed by atoms with E-state index in [1.807, 2.05) is 31.3 Å². The van der Waals surface area contributed by atoms with E-state index in [0.29, 0.717) is 0 Å². The maximum Gasteiger partial charge on any atom is 0.0671 e. The number of aromatic nitrogens is 1. The molecule has 0 aliphatic heterocycles. The van der Waals surface area contributed by atoms with Gasteiger partial charge in [0.15, 0.2) is 0 Å². The summed E-state index contributed by atoms with van der Waals surface area (Å²) in [4.78, 5) is 8.04. The molecule has 0 fully saturated rings. The fourth-order valence-electron chi connectivity index (χ4n) is 2.19. The second-order valence-corrected chi connectivity index (χ2v) is 5.59. The second kappa shape index (κ2) is 6.09. The third-order valence-electron chi connectivity index (χ3n) is 2.95. The number of hydrogen-bond acceptors (Lipinski definition) is 4. The Kier molecular flexibility index (Phi) is 4.47. The molecule has 0 aliphatic carbocycles. The van der Waals surface area contributed by atoms with E-state index in [9.17, 15) is 0 Å². The average Bonchev–Trinajstić information content (AvgIpc) is 2.83. The molecule has 0 radical (unpaired) electrons. The molecule has 0 spiro atoms. The number of pyridine rings is 1. The minimum Gasteiger partial charge on any atom is -0.326 e. The van der Waals surface area contributed by atoms with Gasteiger partial charge in [-0.2, -0.15) is 0 Å². The number of rotatable bonds is 5. The Hall–Kier alpha value is -1.23. The highest BCUT2D eigenvalue weighted by atomic mass is 32.1. The van der Waals surface area contributed by atoms with Crippen LogP contribution >= 0.6 is 11.3 Å². The number of hydrogen-bond donors (Lipinski definition) is 1. The van der Waals surface area contributed by atoms with E-state index in [0.717, 1.165) is 12.2 Å².